The second-order valence-electron chi connectivity index (χ2n) is 4.51. The predicted molar refractivity (Wildman–Crippen MR) is 69.8 cm³/mol. The van der Waals surface area contributed by atoms with Crippen molar-refractivity contribution in [3.8, 4) is 0 Å². The Hall–Kier alpha value is -1.45. The zero-order valence-electron chi connectivity index (χ0n) is 10.2. The molecule has 2 rings (SSSR count). The van der Waals surface area contributed by atoms with E-state index < -0.39 is 6.10 Å². The summed E-state index contributed by atoms with van der Waals surface area (Å²) in [5, 5.41) is 14.3. The normalized spacial score (nSPS) is 13.2. The maximum Gasteiger partial charge on any atom is 0.108 e. The Bertz CT molecular complexity index is 496. The minimum atomic E-state index is -0.554. The molecule has 0 radical (unpaired) electrons. The summed E-state index contributed by atoms with van der Waals surface area (Å²) in [6.45, 7) is 4.64. The highest BCUT2D eigenvalue weighted by Gasteiger charge is 2.09. The lowest BCUT2D eigenvalue weighted by Gasteiger charge is -2.14. The van der Waals surface area contributed by atoms with E-state index in [9.17, 15) is 5.11 Å². The number of benzene rings is 1. The summed E-state index contributed by atoms with van der Waals surface area (Å²) in [5.41, 5.74) is 1.64. The molecule has 0 saturated heterocycles. The van der Waals surface area contributed by atoms with Crippen LogP contribution in [0, 0.1) is 0 Å². The topological polar surface area (TPSA) is 45.1 Å². The third kappa shape index (κ3) is 3.02. The number of hydrogen-bond acceptors (Lipinski definition) is 3. The first-order valence-corrected chi connectivity index (χ1v) is 5.94. The summed E-state index contributed by atoms with van der Waals surface area (Å²) in [6, 6.07) is 12.2. The van der Waals surface area contributed by atoms with Gasteiger partial charge in [-0.1, -0.05) is 38.1 Å². The van der Waals surface area contributed by atoms with Crippen LogP contribution in [0.4, 0.5) is 0 Å². The molecule has 0 bridgehead atoms. The second kappa shape index (κ2) is 5.25. The molecule has 0 aliphatic heterocycles. The molecule has 17 heavy (non-hydrogen) atoms. The smallest absolute Gasteiger partial charge is 0.108 e. The average molecular weight is 230 g/mol. The standard InChI is InChI=1S/C14H18N2O/c1-10(2)15-9-14(17)13-8-7-11-5-3-4-6-12(11)16-13/h3-8,10,14-15,17H,9H2,1-2H3/t14-/m0/s1. The Labute approximate surface area is 102 Å². The molecular formula is C14H18N2O. The van der Waals surface area contributed by atoms with Gasteiger partial charge in [-0.15, -0.1) is 0 Å². The first kappa shape index (κ1) is 12.0. The van der Waals surface area contributed by atoms with Crippen molar-refractivity contribution in [3.05, 3.63) is 42.1 Å². The minimum absolute atomic E-state index is 0.366. The molecule has 90 valence electrons. The van der Waals surface area contributed by atoms with Gasteiger partial charge in [0.25, 0.3) is 0 Å². The van der Waals surface area contributed by atoms with Crippen molar-refractivity contribution in [1.82, 2.24) is 10.3 Å². The van der Waals surface area contributed by atoms with Crippen LogP contribution < -0.4 is 5.32 Å². The number of nitrogens with zero attached hydrogens (tertiary/aromatic N) is 1. The van der Waals surface area contributed by atoms with Crippen LogP contribution in [0.3, 0.4) is 0 Å². The molecule has 1 heterocycles. The van der Waals surface area contributed by atoms with E-state index in [0.717, 1.165) is 16.6 Å². The lowest BCUT2D eigenvalue weighted by atomic mass is 10.1. The maximum atomic E-state index is 10.0. The third-order valence-corrected chi connectivity index (χ3v) is 2.68. The first-order valence-electron chi connectivity index (χ1n) is 5.94. The van der Waals surface area contributed by atoms with Crippen molar-refractivity contribution in [3.63, 3.8) is 0 Å². The SMILES string of the molecule is CC(C)NC[C@H](O)c1ccc2ccccc2n1. The fourth-order valence-corrected chi connectivity index (χ4v) is 1.72. The number of pyridine rings is 1. The highest BCUT2D eigenvalue weighted by Crippen LogP contribution is 2.16. The lowest BCUT2D eigenvalue weighted by molar-refractivity contribution is 0.167. The number of hydrogen-bond donors (Lipinski definition) is 2. The third-order valence-electron chi connectivity index (χ3n) is 2.68. The molecule has 1 atom stereocenters. The quantitative estimate of drug-likeness (QED) is 0.847. The number of para-hydroxylation sites is 1. The summed E-state index contributed by atoms with van der Waals surface area (Å²) < 4.78 is 0. The molecule has 2 N–H and O–H groups in total. The van der Waals surface area contributed by atoms with Crippen LogP contribution in [0.1, 0.15) is 25.6 Å². The first-order chi connectivity index (χ1) is 8.16. The predicted octanol–water partition coefficient (Wildman–Crippen LogP) is 2.27. The van der Waals surface area contributed by atoms with E-state index in [0.29, 0.717) is 12.6 Å². The van der Waals surface area contributed by atoms with Crippen LogP contribution in [0.25, 0.3) is 10.9 Å². The van der Waals surface area contributed by atoms with E-state index in [4.69, 9.17) is 0 Å². The van der Waals surface area contributed by atoms with Gasteiger partial charge in [0.05, 0.1) is 11.2 Å². The van der Waals surface area contributed by atoms with Gasteiger partial charge >= 0.3 is 0 Å². The van der Waals surface area contributed by atoms with Crippen molar-refractivity contribution in [2.24, 2.45) is 0 Å². The maximum absolute atomic E-state index is 10.0. The number of aliphatic hydroxyl groups is 1. The monoisotopic (exact) mass is 230 g/mol. The zero-order valence-corrected chi connectivity index (χ0v) is 10.2. The Kier molecular flexibility index (Phi) is 3.71. The number of aromatic nitrogens is 1. The van der Waals surface area contributed by atoms with Crippen LogP contribution in [0.15, 0.2) is 36.4 Å². The zero-order chi connectivity index (χ0) is 12.3. The Balaban J connectivity index is 2.18. The van der Waals surface area contributed by atoms with E-state index >= 15 is 0 Å². The molecule has 0 spiro atoms. The molecule has 0 aliphatic carbocycles. The molecule has 0 aliphatic rings. The average Bonchev–Trinajstić information content (AvgIpc) is 2.35. The van der Waals surface area contributed by atoms with E-state index in [2.05, 4.69) is 24.1 Å². The van der Waals surface area contributed by atoms with Crippen molar-refractivity contribution >= 4 is 10.9 Å². The van der Waals surface area contributed by atoms with Gasteiger partial charge in [0.15, 0.2) is 0 Å². The van der Waals surface area contributed by atoms with Gasteiger partial charge in [0.1, 0.15) is 6.10 Å². The Morgan fingerprint density at radius 2 is 1.94 bits per heavy atom. The Morgan fingerprint density at radius 1 is 1.18 bits per heavy atom. The number of fused-ring (bicyclic) bond motifs is 1. The van der Waals surface area contributed by atoms with Crippen molar-refractivity contribution < 1.29 is 5.11 Å². The van der Waals surface area contributed by atoms with E-state index in [1.165, 1.54) is 0 Å². The van der Waals surface area contributed by atoms with Crippen LogP contribution in [-0.2, 0) is 0 Å². The molecule has 1 aromatic heterocycles. The van der Waals surface area contributed by atoms with E-state index in [-0.39, 0.29) is 0 Å². The van der Waals surface area contributed by atoms with Crippen molar-refractivity contribution in [1.29, 1.82) is 0 Å². The van der Waals surface area contributed by atoms with Crippen LogP contribution in [-0.4, -0.2) is 22.7 Å². The highest BCUT2D eigenvalue weighted by atomic mass is 16.3. The molecule has 0 unspecified atom stereocenters. The molecule has 0 saturated carbocycles. The van der Waals surface area contributed by atoms with Gasteiger partial charge in [-0.2, -0.15) is 0 Å². The second-order valence-corrected chi connectivity index (χ2v) is 4.51. The number of aliphatic hydroxyl groups excluding tert-OH is 1. The van der Waals surface area contributed by atoms with E-state index in [1.807, 2.05) is 36.4 Å². The van der Waals surface area contributed by atoms with Crippen LogP contribution in [0.5, 0.6) is 0 Å². The summed E-state index contributed by atoms with van der Waals surface area (Å²) in [7, 11) is 0. The summed E-state index contributed by atoms with van der Waals surface area (Å²) in [5.74, 6) is 0. The molecule has 1 aromatic carbocycles. The molecule has 0 amide bonds. The van der Waals surface area contributed by atoms with Gasteiger partial charge in [-0.3, -0.25) is 4.98 Å². The molecule has 3 heteroatoms. The van der Waals surface area contributed by atoms with Gasteiger partial charge in [-0.25, -0.2) is 0 Å². The minimum Gasteiger partial charge on any atom is -0.385 e. The lowest BCUT2D eigenvalue weighted by Crippen LogP contribution is -2.28. The van der Waals surface area contributed by atoms with Crippen molar-refractivity contribution in [2.75, 3.05) is 6.54 Å². The summed E-state index contributed by atoms with van der Waals surface area (Å²) in [6.07, 6.45) is -0.554. The van der Waals surface area contributed by atoms with Crippen LogP contribution >= 0.6 is 0 Å². The fourth-order valence-electron chi connectivity index (χ4n) is 1.72. The van der Waals surface area contributed by atoms with Gasteiger partial charge in [0.2, 0.25) is 0 Å². The fraction of sp³-hybridized carbons (Fsp3) is 0.357. The van der Waals surface area contributed by atoms with E-state index in [1.54, 1.807) is 0 Å². The van der Waals surface area contributed by atoms with Gasteiger partial charge in [0, 0.05) is 18.0 Å². The summed E-state index contributed by atoms with van der Waals surface area (Å²) in [4.78, 5) is 4.46. The van der Waals surface area contributed by atoms with Gasteiger partial charge < -0.3 is 10.4 Å². The number of nitrogens with one attached hydrogen (secondary N) is 1. The Morgan fingerprint density at radius 3 is 2.71 bits per heavy atom. The summed E-state index contributed by atoms with van der Waals surface area (Å²) >= 11 is 0. The highest BCUT2D eigenvalue weighted by molar-refractivity contribution is 5.78. The molecular weight excluding hydrogens is 212 g/mol. The van der Waals surface area contributed by atoms with Gasteiger partial charge in [-0.05, 0) is 12.1 Å². The molecule has 3 nitrogen and oxygen atoms in total. The van der Waals surface area contributed by atoms with Crippen molar-refractivity contribution in [2.45, 2.75) is 26.0 Å². The molecule has 0 fully saturated rings. The largest absolute Gasteiger partial charge is 0.385 e. The number of rotatable bonds is 4. The molecule has 2 aromatic rings. The van der Waals surface area contributed by atoms with Crippen LogP contribution in [0.2, 0.25) is 0 Å².